The number of aliphatic hydroxyl groups is 1. The summed E-state index contributed by atoms with van der Waals surface area (Å²) in [6.45, 7) is 3.63. The maximum atomic E-state index is 11.8. The minimum absolute atomic E-state index is 0.124. The molecule has 0 radical (unpaired) electrons. The summed E-state index contributed by atoms with van der Waals surface area (Å²) in [6.07, 6.45) is 0. The minimum atomic E-state index is -0.834. The van der Waals surface area contributed by atoms with Crippen LogP contribution in [0, 0.1) is 0 Å². The quantitative estimate of drug-likeness (QED) is 0.723. The molecular formula is C12H19N3O3S2. The van der Waals surface area contributed by atoms with Gasteiger partial charge in [-0.15, -0.1) is 23.5 Å². The van der Waals surface area contributed by atoms with Crippen LogP contribution >= 0.6 is 23.5 Å². The van der Waals surface area contributed by atoms with Crippen LogP contribution in [-0.2, 0) is 9.53 Å². The van der Waals surface area contributed by atoms with Crippen molar-refractivity contribution in [3.05, 3.63) is 0 Å². The van der Waals surface area contributed by atoms with Crippen LogP contribution in [0.25, 0.3) is 0 Å². The number of nitrogens with two attached hydrogens (primary N) is 1. The third kappa shape index (κ3) is 2.74. The van der Waals surface area contributed by atoms with Gasteiger partial charge in [-0.3, -0.25) is 9.98 Å². The molecule has 0 spiro atoms. The predicted octanol–water partition coefficient (Wildman–Crippen LogP) is 0.287. The zero-order valence-corrected chi connectivity index (χ0v) is 13.4. The average molecular weight is 317 g/mol. The van der Waals surface area contributed by atoms with Gasteiger partial charge in [-0.25, -0.2) is 4.79 Å². The van der Waals surface area contributed by atoms with Crippen molar-refractivity contribution in [1.82, 2.24) is 0 Å². The van der Waals surface area contributed by atoms with Gasteiger partial charge in [-0.1, -0.05) is 0 Å². The highest BCUT2D eigenvalue weighted by Gasteiger charge is 2.46. The van der Waals surface area contributed by atoms with Crippen molar-refractivity contribution < 1.29 is 14.6 Å². The van der Waals surface area contributed by atoms with E-state index in [4.69, 9.17) is 15.6 Å². The monoisotopic (exact) mass is 317 g/mol. The maximum Gasteiger partial charge on any atom is 0.334 e. The topological polar surface area (TPSA) is 97.3 Å². The van der Waals surface area contributed by atoms with Crippen molar-refractivity contribution in [2.45, 2.75) is 31.0 Å². The van der Waals surface area contributed by atoms with Crippen LogP contribution in [0.4, 0.5) is 0 Å². The van der Waals surface area contributed by atoms with E-state index in [2.05, 4.69) is 9.98 Å². The molecule has 2 heterocycles. The van der Waals surface area contributed by atoms with Gasteiger partial charge in [-0.2, -0.15) is 0 Å². The Hall–Kier alpha value is -0.570. The molecule has 0 saturated heterocycles. The van der Waals surface area contributed by atoms with Crippen molar-refractivity contribution in [2.75, 3.05) is 25.2 Å². The number of carbonyl (C=O) groups excluding carboxylic acids is 1. The Labute approximate surface area is 126 Å². The van der Waals surface area contributed by atoms with Crippen LogP contribution in [0.15, 0.2) is 9.98 Å². The highest BCUT2D eigenvalue weighted by molar-refractivity contribution is 8.16. The number of hydrogen-bond acceptors (Lipinski definition) is 8. The van der Waals surface area contributed by atoms with E-state index >= 15 is 0 Å². The molecule has 0 bridgehead atoms. The van der Waals surface area contributed by atoms with E-state index in [-0.39, 0.29) is 12.6 Å². The molecule has 8 heteroatoms. The standard InChI is InChI=1S/C12H19N3O3S2/c1-11(5-19-8(14-11)7(13)4-16)9-15-12(2,6-20-9)10(17)18-3/h7,16H,4-6,13H2,1-3H3/t7-,11+,12+/m0/s1. The molecule has 0 aromatic rings. The molecule has 2 aliphatic heterocycles. The summed E-state index contributed by atoms with van der Waals surface area (Å²) < 4.78 is 4.80. The van der Waals surface area contributed by atoms with Gasteiger partial charge in [0.05, 0.1) is 29.8 Å². The Morgan fingerprint density at radius 3 is 2.75 bits per heavy atom. The Bertz CT molecular complexity index is 483. The van der Waals surface area contributed by atoms with Crippen LogP contribution in [0.3, 0.4) is 0 Å². The number of thioether (sulfide) groups is 2. The molecule has 0 unspecified atom stereocenters. The van der Waals surface area contributed by atoms with Gasteiger partial charge in [-0.05, 0) is 13.8 Å². The smallest absolute Gasteiger partial charge is 0.334 e. The van der Waals surface area contributed by atoms with E-state index in [9.17, 15) is 4.79 Å². The fraction of sp³-hybridized carbons (Fsp3) is 0.750. The second-order valence-corrected chi connectivity index (χ2v) is 7.23. The summed E-state index contributed by atoms with van der Waals surface area (Å²) >= 11 is 3.07. The zero-order chi connectivity index (χ0) is 15.0. The van der Waals surface area contributed by atoms with Crippen LogP contribution < -0.4 is 5.73 Å². The molecule has 0 amide bonds. The third-order valence-electron chi connectivity index (χ3n) is 3.30. The lowest BCUT2D eigenvalue weighted by Crippen LogP contribution is -2.36. The second-order valence-electron chi connectivity index (χ2n) is 5.27. The number of ether oxygens (including phenoxy) is 1. The van der Waals surface area contributed by atoms with Gasteiger partial charge in [0, 0.05) is 11.5 Å². The largest absolute Gasteiger partial charge is 0.467 e. The molecule has 0 saturated carbocycles. The van der Waals surface area contributed by atoms with E-state index < -0.39 is 17.1 Å². The van der Waals surface area contributed by atoms with Gasteiger partial charge in [0.25, 0.3) is 0 Å². The third-order valence-corrected chi connectivity index (χ3v) is 6.20. The van der Waals surface area contributed by atoms with E-state index in [0.717, 1.165) is 15.8 Å². The number of nitrogens with zero attached hydrogens (tertiary/aromatic N) is 2. The van der Waals surface area contributed by atoms with Crippen molar-refractivity contribution in [3.8, 4) is 0 Å². The summed E-state index contributed by atoms with van der Waals surface area (Å²) in [6, 6.07) is -0.444. The van der Waals surface area contributed by atoms with Gasteiger partial charge in [0.15, 0.2) is 5.54 Å². The molecule has 0 aliphatic carbocycles. The molecule has 3 atom stereocenters. The van der Waals surface area contributed by atoms with Gasteiger partial charge in [0.2, 0.25) is 0 Å². The van der Waals surface area contributed by atoms with Crippen LogP contribution in [-0.4, -0.2) is 63.5 Å². The normalized spacial score (nSPS) is 34.6. The number of methoxy groups -OCH3 is 1. The summed E-state index contributed by atoms with van der Waals surface area (Å²) in [5.41, 5.74) is 4.50. The SMILES string of the molecule is COC(=O)[C@@]1(C)CSC([C@@]2(C)CSC([C@@H](N)CO)=N2)=N1. The lowest BCUT2D eigenvalue weighted by molar-refractivity contribution is -0.145. The maximum absolute atomic E-state index is 11.8. The lowest BCUT2D eigenvalue weighted by Gasteiger charge is -2.19. The molecule has 0 fully saturated rings. The fourth-order valence-electron chi connectivity index (χ4n) is 2.00. The van der Waals surface area contributed by atoms with E-state index in [1.807, 2.05) is 6.92 Å². The Morgan fingerprint density at radius 1 is 1.45 bits per heavy atom. The van der Waals surface area contributed by atoms with Crippen molar-refractivity contribution in [2.24, 2.45) is 15.7 Å². The fourth-order valence-corrected chi connectivity index (χ4v) is 4.57. The number of esters is 1. The first-order chi connectivity index (χ1) is 9.34. The molecule has 3 N–H and O–H groups in total. The number of aliphatic imine (C=N–C) groups is 2. The molecule has 112 valence electrons. The molecule has 2 aliphatic rings. The van der Waals surface area contributed by atoms with E-state index in [1.165, 1.54) is 30.6 Å². The number of carbonyl (C=O) groups is 1. The van der Waals surface area contributed by atoms with E-state index in [1.54, 1.807) is 6.92 Å². The number of hydrogen-bond donors (Lipinski definition) is 2. The zero-order valence-electron chi connectivity index (χ0n) is 11.8. The van der Waals surface area contributed by atoms with Crippen molar-refractivity contribution in [1.29, 1.82) is 0 Å². The van der Waals surface area contributed by atoms with Crippen LogP contribution in [0.2, 0.25) is 0 Å². The van der Waals surface area contributed by atoms with Crippen molar-refractivity contribution >= 4 is 39.6 Å². The molecule has 0 aromatic heterocycles. The minimum Gasteiger partial charge on any atom is -0.467 e. The summed E-state index contributed by atoms with van der Waals surface area (Å²) in [4.78, 5) is 20.9. The first-order valence-electron chi connectivity index (χ1n) is 6.25. The predicted molar refractivity (Wildman–Crippen MR) is 83.7 cm³/mol. The summed E-state index contributed by atoms with van der Waals surface area (Å²) in [5, 5.41) is 10.7. The number of rotatable bonds is 4. The molecular weight excluding hydrogens is 298 g/mol. The second kappa shape index (κ2) is 5.67. The van der Waals surface area contributed by atoms with Crippen LogP contribution in [0.5, 0.6) is 0 Å². The van der Waals surface area contributed by atoms with Gasteiger partial charge in [0.1, 0.15) is 5.54 Å². The first-order valence-corrected chi connectivity index (χ1v) is 8.22. The summed E-state index contributed by atoms with van der Waals surface area (Å²) in [5.74, 6) is 0.955. The lowest BCUT2D eigenvalue weighted by atomic mass is 10.0. The Morgan fingerprint density at radius 2 is 2.15 bits per heavy atom. The van der Waals surface area contributed by atoms with Gasteiger partial charge < -0.3 is 15.6 Å². The van der Waals surface area contributed by atoms with E-state index in [0.29, 0.717) is 5.75 Å². The Balaban J connectivity index is 2.23. The molecule has 6 nitrogen and oxygen atoms in total. The molecule has 0 aromatic carbocycles. The van der Waals surface area contributed by atoms with Gasteiger partial charge >= 0.3 is 5.97 Å². The average Bonchev–Trinajstić information content (AvgIpc) is 3.03. The molecule has 2 rings (SSSR count). The highest BCUT2D eigenvalue weighted by atomic mass is 32.2. The van der Waals surface area contributed by atoms with Crippen molar-refractivity contribution in [3.63, 3.8) is 0 Å². The number of aliphatic hydroxyl groups excluding tert-OH is 1. The first kappa shape index (κ1) is 15.8. The Kier molecular flexibility index (Phi) is 4.48. The molecule has 20 heavy (non-hydrogen) atoms. The van der Waals surface area contributed by atoms with Crippen LogP contribution in [0.1, 0.15) is 13.8 Å². The summed E-state index contributed by atoms with van der Waals surface area (Å²) in [7, 11) is 1.37. The highest BCUT2D eigenvalue weighted by Crippen LogP contribution is 2.39.